The van der Waals surface area contributed by atoms with Crippen molar-refractivity contribution in [3.8, 4) is 0 Å². The van der Waals surface area contributed by atoms with Gasteiger partial charge in [-0.3, -0.25) is 0 Å². The zero-order chi connectivity index (χ0) is 15.3. The first kappa shape index (κ1) is 19.4. The monoisotopic (exact) mass is 336 g/mol. The van der Waals surface area contributed by atoms with Crippen molar-refractivity contribution in [3.05, 3.63) is 12.7 Å². The molecule has 4 nitrogen and oxygen atoms in total. The normalized spacial score (nSPS) is 13.9. The van der Waals surface area contributed by atoms with Gasteiger partial charge in [0, 0.05) is 6.54 Å². The molecule has 0 aromatic heterocycles. The van der Waals surface area contributed by atoms with Gasteiger partial charge in [-0.15, -0.1) is 6.58 Å². The van der Waals surface area contributed by atoms with E-state index in [1.807, 2.05) is 6.08 Å². The molecule has 0 aliphatic heterocycles. The second-order valence-electron chi connectivity index (χ2n) is 6.19. The zero-order valence-electron chi connectivity index (χ0n) is 13.7. The van der Waals surface area contributed by atoms with Crippen LogP contribution in [0.25, 0.3) is 0 Å². The molecule has 0 amide bonds. The van der Waals surface area contributed by atoms with Crippen LogP contribution in [0.5, 0.6) is 0 Å². The summed E-state index contributed by atoms with van der Waals surface area (Å²) in [6.07, 6.45) is 1.86. The van der Waals surface area contributed by atoms with E-state index in [4.69, 9.17) is 12.3 Å². The van der Waals surface area contributed by atoms with Crippen molar-refractivity contribution in [2.75, 3.05) is 6.54 Å². The van der Waals surface area contributed by atoms with E-state index in [0.29, 0.717) is 0 Å². The van der Waals surface area contributed by atoms with Gasteiger partial charge in [0.25, 0.3) is 8.48 Å². The Morgan fingerprint density at radius 2 is 1.53 bits per heavy atom. The molecule has 0 unspecified atom stereocenters. The lowest BCUT2D eigenvalue weighted by molar-refractivity contribution is 0.331. The number of nitrogens with one attached hydrogen (secondary N) is 1. The molecular formula is C11H30NO3Si4. The highest BCUT2D eigenvalue weighted by atomic mass is 28.5. The van der Waals surface area contributed by atoms with Gasteiger partial charge >= 0.3 is 17.1 Å². The third-order valence-electron chi connectivity index (χ3n) is 2.11. The third-order valence-corrected chi connectivity index (χ3v) is 14.7. The van der Waals surface area contributed by atoms with Gasteiger partial charge in [-0.2, -0.15) is 0 Å². The molecule has 0 rings (SSSR count). The smallest absolute Gasteiger partial charge is 0.313 e. The van der Waals surface area contributed by atoms with Gasteiger partial charge < -0.3 is 17.3 Å². The number of hydrogen-bond acceptors (Lipinski definition) is 4. The van der Waals surface area contributed by atoms with Crippen LogP contribution in [0.15, 0.2) is 12.7 Å². The summed E-state index contributed by atoms with van der Waals surface area (Å²) in [5.74, 6) is 0. The maximum absolute atomic E-state index is 6.31. The Bertz CT molecular complexity index is 296. The average Bonchev–Trinajstić information content (AvgIpc) is 2.08. The van der Waals surface area contributed by atoms with E-state index in [0.717, 1.165) is 6.54 Å². The summed E-state index contributed by atoms with van der Waals surface area (Å²) < 4.78 is 18.6. The lowest BCUT2D eigenvalue weighted by Crippen LogP contribution is -2.59. The minimum absolute atomic E-state index is 0.734. The SMILES string of the molecule is C=CCN[Si](C)(C)O[Si](C)(C)O[Si](C)(C)O[Si](C)C. The Morgan fingerprint density at radius 3 is 1.95 bits per heavy atom. The summed E-state index contributed by atoms with van der Waals surface area (Å²) in [7, 11) is -6.89. The quantitative estimate of drug-likeness (QED) is 0.518. The molecule has 0 atom stereocenters. The van der Waals surface area contributed by atoms with E-state index in [9.17, 15) is 0 Å². The summed E-state index contributed by atoms with van der Waals surface area (Å²) >= 11 is 0. The van der Waals surface area contributed by atoms with Crippen molar-refractivity contribution in [1.29, 1.82) is 0 Å². The highest BCUT2D eigenvalue weighted by Crippen LogP contribution is 2.20. The fourth-order valence-corrected chi connectivity index (χ4v) is 17.7. The largest absolute Gasteiger partial charge is 0.437 e. The van der Waals surface area contributed by atoms with E-state index >= 15 is 0 Å². The molecule has 0 heterocycles. The molecule has 0 spiro atoms. The van der Waals surface area contributed by atoms with Crippen LogP contribution in [0.1, 0.15) is 0 Å². The first-order valence-corrected chi connectivity index (χ1v) is 17.6. The summed E-state index contributed by atoms with van der Waals surface area (Å²) in [5.41, 5.74) is 0. The Morgan fingerprint density at radius 1 is 1.00 bits per heavy atom. The summed E-state index contributed by atoms with van der Waals surface area (Å²) in [6, 6.07) is 0. The lowest BCUT2D eigenvalue weighted by Gasteiger charge is -2.38. The molecule has 0 aromatic carbocycles. The van der Waals surface area contributed by atoms with E-state index in [1.165, 1.54) is 0 Å². The minimum Gasteiger partial charge on any atom is -0.437 e. The predicted molar refractivity (Wildman–Crippen MR) is 91.4 cm³/mol. The summed E-state index contributed by atoms with van der Waals surface area (Å²) in [4.78, 5) is 3.43. The highest BCUT2D eigenvalue weighted by molar-refractivity contribution is 6.86. The first-order chi connectivity index (χ1) is 8.39. The van der Waals surface area contributed by atoms with Gasteiger partial charge in [-0.05, 0) is 52.4 Å². The fraction of sp³-hybridized carbons (Fsp3) is 0.818. The van der Waals surface area contributed by atoms with Crippen LogP contribution in [-0.2, 0) is 12.3 Å². The van der Waals surface area contributed by atoms with E-state index in [-0.39, 0.29) is 0 Å². The van der Waals surface area contributed by atoms with Gasteiger partial charge in [-0.25, -0.2) is 0 Å². The van der Waals surface area contributed by atoms with Gasteiger partial charge in [0.15, 0.2) is 9.04 Å². The molecule has 0 saturated carbocycles. The second-order valence-corrected chi connectivity index (χ2v) is 19.4. The van der Waals surface area contributed by atoms with E-state index in [1.54, 1.807) is 0 Å². The van der Waals surface area contributed by atoms with Crippen molar-refractivity contribution < 1.29 is 12.3 Å². The van der Waals surface area contributed by atoms with Crippen molar-refractivity contribution in [3.63, 3.8) is 0 Å². The summed E-state index contributed by atoms with van der Waals surface area (Å²) in [6.45, 7) is 21.5. The van der Waals surface area contributed by atoms with Gasteiger partial charge in [-0.1, -0.05) is 6.08 Å². The molecule has 0 aliphatic carbocycles. The molecule has 0 bridgehead atoms. The molecule has 1 N–H and O–H groups in total. The lowest BCUT2D eigenvalue weighted by atomic mass is 10.7. The Hall–Kier alpha value is 0.448. The van der Waals surface area contributed by atoms with Crippen molar-refractivity contribution in [1.82, 2.24) is 4.98 Å². The molecule has 0 aromatic rings. The molecule has 0 aliphatic rings. The van der Waals surface area contributed by atoms with Gasteiger partial charge in [0.2, 0.25) is 0 Å². The molecule has 0 fully saturated rings. The molecular weight excluding hydrogens is 306 g/mol. The molecule has 1 radical (unpaired) electrons. The predicted octanol–water partition coefficient (Wildman–Crippen LogP) is 3.17. The number of hydrogen-bond donors (Lipinski definition) is 1. The summed E-state index contributed by atoms with van der Waals surface area (Å²) in [5, 5.41) is 0. The van der Waals surface area contributed by atoms with E-state index < -0.39 is 34.6 Å². The second kappa shape index (κ2) is 7.45. The number of rotatable bonds is 9. The van der Waals surface area contributed by atoms with Crippen LogP contribution in [0.3, 0.4) is 0 Å². The van der Waals surface area contributed by atoms with Crippen LogP contribution >= 0.6 is 0 Å². The standard InChI is InChI=1S/C11H30NO3Si4/c1-10-11-12-17(4,5)14-19(8,9)15-18(6,7)13-16(2)3/h10,12H,1,11H2,2-9H3. The minimum atomic E-state index is -2.17. The van der Waals surface area contributed by atoms with Crippen LogP contribution < -0.4 is 4.98 Å². The highest BCUT2D eigenvalue weighted by Gasteiger charge is 2.41. The van der Waals surface area contributed by atoms with Gasteiger partial charge in [0.1, 0.15) is 0 Å². The maximum Gasteiger partial charge on any atom is 0.313 e. The average molecular weight is 337 g/mol. The van der Waals surface area contributed by atoms with Crippen LogP contribution in [0, 0.1) is 0 Å². The molecule has 113 valence electrons. The zero-order valence-corrected chi connectivity index (χ0v) is 17.7. The van der Waals surface area contributed by atoms with Crippen LogP contribution in [-0.4, -0.2) is 41.2 Å². The Balaban J connectivity index is 4.57. The first-order valence-electron chi connectivity index (χ1n) is 6.64. The van der Waals surface area contributed by atoms with Crippen molar-refractivity contribution in [2.24, 2.45) is 0 Å². The third kappa shape index (κ3) is 9.90. The topological polar surface area (TPSA) is 39.7 Å². The Kier molecular flexibility index (Phi) is 7.63. The molecule has 0 saturated heterocycles. The van der Waals surface area contributed by atoms with Crippen molar-refractivity contribution >= 4 is 34.6 Å². The molecule has 8 heteroatoms. The van der Waals surface area contributed by atoms with Crippen LogP contribution in [0.2, 0.25) is 52.4 Å². The van der Waals surface area contributed by atoms with E-state index in [2.05, 4.69) is 63.9 Å². The fourth-order valence-electron chi connectivity index (χ4n) is 2.09. The molecule has 19 heavy (non-hydrogen) atoms. The maximum atomic E-state index is 6.31. The van der Waals surface area contributed by atoms with Crippen molar-refractivity contribution in [2.45, 2.75) is 52.4 Å². The Labute approximate surface area is 124 Å². The van der Waals surface area contributed by atoms with Gasteiger partial charge in [0.05, 0.1) is 0 Å². The van der Waals surface area contributed by atoms with Crippen LogP contribution in [0.4, 0.5) is 0 Å².